The molecule has 6 heteroatoms. The number of nitrogens with one attached hydrogen (secondary N) is 2. The van der Waals surface area contributed by atoms with Gasteiger partial charge < -0.3 is 15.4 Å². The minimum absolute atomic E-state index is 0.178. The van der Waals surface area contributed by atoms with Crippen molar-refractivity contribution in [1.82, 2.24) is 15.1 Å². The van der Waals surface area contributed by atoms with E-state index < -0.39 is 0 Å². The van der Waals surface area contributed by atoms with Crippen molar-refractivity contribution in [3.05, 3.63) is 12.4 Å². The topological polar surface area (TPSA) is 68.2 Å². The van der Waals surface area contributed by atoms with E-state index in [9.17, 15) is 4.79 Å². The van der Waals surface area contributed by atoms with Crippen molar-refractivity contribution < 1.29 is 9.53 Å². The fourth-order valence-electron chi connectivity index (χ4n) is 2.43. The van der Waals surface area contributed by atoms with Crippen LogP contribution in [0.1, 0.15) is 52.0 Å². The lowest BCUT2D eigenvalue weighted by atomic mass is 10.0. The fourth-order valence-corrected chi connectivity index (χ4v) is 2.43. The largest absolute Gasteiger partial charge is 0.378 e. The molecule has 0 spiro atoms. The zero-order chi connectivity index (χ0) is 15.1. The number of carbonyl (C=O) groups is 1. The van der Waals surface area contributed by atoms with Gasteiger partial charge in [-0.1, -0.05) is 0 Å². The lowest BCUT2D eigenvalue weighted by Crippen LogP contribution is -2.30. The SMILES string of the molecule is CC(C)n1cc(NC(=O)NCCCC2CCCCO2)cn1. The molecule has 1 aliphatic heterocycles. The highest BCUT2D eigenvalue weighted by Crippen LogP contribution is 2.16. The first-order valence-electron chi connectivity index (χ1n) is 7.86. The van der Waals surface area contributed by atoms with Gasteiger partial charge in [-0.3, -0.25) is 4.68 Å². The third-order valence-corrected chi connectivity index (χ3v) is 3.65. The normalized spacial score (nSPS) is 18.7. The second-order valence-electron chi connectivity index (χ2n) is 5.81. The summed E-state index contributed by atoms with van der Waals surface area (Å²) >= 11 is 0. The monoisotopic (exact) mass is 294 g/mol. The Morgan fingerprint density at radius 2 is 2.38 bits per heavy atom. The summed E-state index contributed by atoms with van der Waals surface area (Å²) in [6.07, 6.45) is 9.44. The van der Waals surface area contributed by atoms with Crippen LogP contribution in [-0.4, -0.2) is 35.1 Å². The van der Waals surface area contributed by atoms with Crippen molar-refractivity contribution in [2.24, 2.45) is 0 Å². The maximum Gasteiger partial charge on any atom is 0.319 e. The van der Waals surface area contributed by atoms with E-state index >= 15 is 0 Å². The van der Waals surface area contributed by atoms with Gasteiger partial charge in [-0.2, -0.15) is 5.10 Å². The maximum absolute atomic E-state index is 11.8. The van der Waals surface area contributed by atoms with Crippen LogP contribution < -0.4 is 10.6 Å². The first-order chi connectivity index (χ1) is 10.1. The fraction of sp³-hybridized carbons (Fsp3) is 0.733. The molecule has 1 saturated heterocycles. The van der Waals surface area contributed by atoms with Crippen LogP contribution in [0.4, 0.5) is 10.5 Å². The number of carbonyl (C=O) groups excluding carboxylic acids is 1. The van der Waals surface area contributed by atoms with Gasteiger partial charge in [0.25, 0.3) is 0 Å². The first-order valence-corrected chi connectivity index (χ1v) is 7.86. The van der Waals surface area contributed by atoms with E-state index in [0.29, 0.717) is 18.7 Å². The molecule has 1 aliphatic rings. The Bertz CT molecular complexity index is 439. The molecule has 6 nitrogen and oxygen atoms in total. The molecule has 0 aliphatic carbocycles. The number of ether oxygens (including phenoxy) is 1. The Hall–Kier alpha value is -1.56. The predicted molar refractivity (Wildman–Crippen MR) is 82.5 cm³/mol. The summed E-state index contributed by atoms with van der Waals surface area (Å²) in [6.45, 7) is 5.65. The number of hydrogen-bond donors (Lipinski definition) is 2. The van der Waals surface area contributed by atoms with E-state index in [1.807, 2.05) is 24.7 Å². The Morgan fingerprint density at radius 1 is 1.52 bits per heavy atom. The van der Waals surface area contributed by atoms with Gasteiger partial charge in [0.05, 0.1) is 18.0 Å². The average Bonchev–Trinajstić information content (AvgIpc) is 2.93. The molecule has 0 radical (unpaired) electrons. The van der Waals surface area contributed by atoms with Crippen molar-refractivity contribution in [2.75, 3.05) is 18.5 Å². The molecule has 1 unspecified atom stereocenters. The van der Waals surface area contributed by atoms with Gasteiger partial charge in [0, 0.05) is 25.4 Å². The van der Waals surface area contributed by atoms with Crippen LogP contribution in [0.2, 0.25) is 0 Å². The number of hydrogen-bond acceptors (Lipinski definition) is 3. The summed E-state index contributed by atoms with van der Waals surface area (Å²) in [4.78, 5) is 11.8. The highest BCUT2D eigenvalue weighted by Gasteiger charge is 2.13. The zero-order valence-electron chi connectivity index (χ0n) is 13.0. The van der Waals surface area contributed by atoms with E-state index in [2.05, 4.69) is 15.7 Å². The molecule has 2 rings (SSSR count). The summed E-state index contributed by atoms with van der Waals surface area (Å²) in [5.74, 6) is 0. The molecule has 118 valence electrons. The Labute approximate surface area is 126 Å². The number of anilines is 1. The molecule has 0 aromatic carbocycles. The number of urea groups is 1. The number of aromatic nitrogens is 2. The second-order valence-corrected chi connectivity index (χ2v) is 5.81. The maximum atomic E-state index is 11.8. The molecule has 1 aromatic rings. The van der Waals surface area contributed by atoms with Crippen LogP contribution >= 0.6 is 0 Å². The molecule has 1 fully saturated rings. The molecule has 21 heavy (non-hydrogen) atoms. The standard InChI is InChI=1S/C15H26N4O2/c1-12(2)19-11-13(10-17-19)18-15(20)16-8-5-7-14-6-3-4-9-21-14/h10-12,14H,3-9H2,1-2H3,(H2,16,18,20). The van der Waals surface area contributed by atoms with Crippen LogP contribution in [-0.2, 0) is 4.74 Å². The molecule has 2 N–H and O–H groups in total. The molecule has 1 aromatic heterocycles. The third kappa shape index (κ3) is 5.38. The minimum atomic E-state index is -0.178. The molecule has 0 saturated carbocycles. The van der Waals surface area contributed by atoms with Gasteiger partial charge in [-0.05, 0) is 46.0 Å². The first kappa shape index (κ1) is 15.8. The third-order valence-electron chi connectivity index (χ3n) is 3.65. The van der Waals surface area contributed by atoms with Gasteiger partial charge in [0.1, 0.15) is 0 Å². The average molecular weight is 294 g/mol. The lowest BCUT2D eigenvalue weighted by Gasteiger charge is -2.22. The van der Waals surface area contributed by atoms with Crippen molar-refractivity contribution in [3.63, 3.8) is 0 Å². The van der Waals surface area contributed by atoms with Gasteiger partial charge in [0.15, 0.2) is 0 Å². The summed E-state index contributed by atoms with van der Waals surface area (Å²) in [6, 6.07) is 0.113. The Balaban J connectivity index is 1.60. The van der Waals surface area contributed by atoms with E-state index in [1.54, 1.807) is 6.20 Å². The van der Waals surface area contributed by atoms with Crippen LogP contribution in [0.15, 0.2) is 12.4 Å². The van der Waals surface area contributed by atoms with Crippen molar-refractivity contribution in [2.45, 2.75) is 58.1 Å². The minimum Gasteiger partial charge on any atom is -0.378 e. The number of amides is 2. The van der Waals surface area contributed by atoms with Crippen molar-refractivity contribution in [1.29, 1.82) is 0 Å². The molecule has 0 bridgehead atoms. The van der Waals surface area contributed by atoms with Gasteiger partial charge in [-0.15, -0.1) is 0 Å². The summed E-state index contributed by atoms with van der Waals surface area (Å²) in [5, 5.41) is 9.84. The van der Waals surface area contributed by atoms with Crippen LogP contribution in [0.3, 0.4) is 0 Å². The van der Waals surface area contributed by atoms with Gasteiger partial charge in [-0.25, -0.2) is 4.79 Å². The summed E-state index contributed by atoms with van der Waals surface area (Å²) in [7, 11) is 0. The second kappa shape index (κ2) is 8.02. The summed E-state index contributed by atoms with van der Waals surface area (Å²) < 4.78 is 7.48. The van der Waals surface area contributed by atoms with Crippen LogP contribution in [0.25, 0.3) is 0 Å². The van der Waals surface area contributed by atoms with Gasteiger partial charge >= 0.3 is 6.03 Å². The van der Waals surface area contributed by atoms with E-state index in [-0.39, 0.29) is 6.03 Å². The van der Waals surface area contributed by atoms with E-state index in [4.69, 9.17) is 4.74 Å². The molecular formula is C15H26N4O2. The summed E-state index contributed by atoms with van der Waals surface area (Å²) in [5.41, 5.74) is 0.719. The van der Waals surface area contributed by atoms with Crippen molar-refractivity contribution >= 4 is 11.7 Å². The van der Waals surface area contributed by atoms with Gasteiger partial charge in [0.2, 0.25) is 0 Å². The molecular weight excluding hydrogens is 268 g/mol. The van der Waals surface area contributed by atoms with Crippen LogP contribution in [0, 0.1) is 0 Å². The van der Waals surface area contributed by atoms with Crippen molar-refractivity contribution in [3.8, 4) is 0 Å². The Morgan fingerprint density at radius 3 is 3.05 bits per heavy atom. The zero-order valence-corrected chi connectivity index (χ0v) is 13.0. The highest BCUT2D eigenvalue weighted by molar-refractivity contribution is 5.88. The number of nitrogens with zero attached hydrogens (tertiary/aromatic N) is 2. The molecule has 2 amide bonds. The number of rotatable bonds is 6. The molecule has 1 atom stereocenters. The molecule has 2 heterocycles. The smallest absolute Gasteiger partial charge is 0.319 e. The Kier molecular flexibility index (Phi) is 6.04. The quantitative estimate of drug-likeness (QED) is 0.793. The van der Waals surface area contributed by atoms with E-state index in [0.717, 1.165) is 31.6 Å². The van der Waals surface area contributed by atoms with Crippen LogP contribution in [0.5, 0.6) is 0 Å². The highest BCUT2D eigenvalue weighted by atomic mass is 16.5. The lowest BCUT2D eigenvalue weighted by molar-refractivity contribution is 0.0103. The predicted octanol–water partition coefficient (Wildman–Crippen LogP) is 2.93. The van der Waals surface area contributed by atoms with E-state index in [1.165, 1.54) is 12.8 Å².